The fourth-order valence-corrected chi connectivity index (χ4v) is 3.88. The zero-order chi connectivity index (χ0) is 15.8. The molecule has 1 N–H and O–H groups in total. The highest BCUT2D eigenvalue weighted by Crippen LogP contribution is 2.52. The van der Waals surface area contributed by atoms with Gasteiger partial charge in [0.2, 0.25) is 0 Å². The van der Waals surface area contributed by atoms with E-state index >= 15 is 0 Å². The van der Waals surface area contributed by atoms with Crippen molar-refractivity contribution in [3.05, 3.63) is 15.8 Å². The van der Waals surface area contributed by atoms with E-state index in [0.717, 1.165) is 12.8 Å². The number of carboxylic acid groups (broad SMARTS) is 1. The second-order valence-electron chi connectivity index (χ2n) is 5.89. The molecular formula is C13H19N3O4S. The first-order valence-electron chi connectivity index (χ1n) is 6.84. The minimum absolute atomic E-state index is 0.0227. The number of hydrogen-bond donors (Lipinski definition) is 1. The van der Waals surface area contributed by atoms with Crippen LogP contribution in [-0.4, -0.2) is 31.5 Å². The van der Waals surface area contributed by atoms with Gasteiger partial charge < -0.3 is 5.11 Å². The highest BCUT2D eigenvalue weighted by molar-refractivity contribution is 7.99. The minimum atomic E-state index is -0.809. The average molecular weight is 313 g/mol. The summed E-state index contributed by atoms with van der Waals surface area (Å²) in [7, 11) is 0. The molecule has 1 aromatic heterocycles. The Morgan fingerprint density at radius 3 is 2.62 bits per heavy atom. The molecule has 0 aromatic carbocycles. The van der Waals surface area contributed by atoms with Crippen LogP contribution in [0.5, 0.6) is 0 Å². The van der Waals surface area contributed by atoms with Crippen molar-refractivity contribution in [1.82, 2.24) is 9.78 Å². The highest BCUT2D eigenvalue weighted by Gasteiger charge is 2.45. The molecule has 0 radical (unpaired) electrons. The van der Waals surface area contributed by atoms with E-state index in [1.54, 1.807) is 11.6 Å². The van der Waals surface area contributed by atoms with Gasteiger partial charge in [-0.15, -0.1) is 0 Å². The van der Waals surface area contributed by atoms with Gasteiger partial charge in [0.05, 0.1) is 11.3 Å². The number of nitrogens with zero attached hydrogens (tertiary/aromatic N) is 3. The van der Waals surface area contributed by atoms with Crippen LogP contribution in [0.25, 0.3) is 0 Å². The second-order valence-corrected chi connectivity index (χ2v) is 6.86. The van der Waals surface area contributed by atoms with Gasteiger partial charge in [0, 0.05) is 11.8 Å². The SMILES string of the molecule is Cc1nn(C(C)C)c(SCC2(CC(=O)O)CC2)c1[N+](=O)[O-]. The molecule has 0 spiro atoms. The first-order chi connectivity index (χ1) is 9.76. The monoisotopic (exact) mass is 313 g/mol. The van der Waals surface area contributed by atoms with Crippen molar-refractivity contribution in [2.45, 2.75) is 51.1 Å². The van der Waals surface area contributed by atoms with Crippen molar-refractivity contribution in [2.24, 2.45) is 5.41 Å². The number of rotatable bonds is 7. The molecule has 1 heterocycles. The summed E-state index contributed by atoms with van der Waals surface area (Å²) in [5.41, 5.74) is 0.240. The number of nitro groups is 1. The fraction of sp³-hybridized carbons (Fsp3) is 0.692. The van der Waals surface area contributed by atoms with Crippen LogP contribution in [0.1, 0.15) is 44.8 Å². The van der Waals surface area contributed by atoms with E-state index in [-0.39, 0.29) is 23.6 Å². The maximum absolute atomic E-state index is 11.2. The van der Waals surface area contributed by atoms with E-state index in [0.29, 0.717) is 16.5 Å². The van der Waals surface area contributed by atoms with Crippen molar-refractivity contribution < 1.29 is 14.8 Å². The van der Waals surface area contributed by atoms with Crippen LogP contribution in [0.4, 0.5) is 5.69 Å². The van der Waals surface area contributed by atoms with E-state index in [9.17, 15) is 14.9 Å². The zero-order valence-electron chi connectivity index (χ0n) is 12.3. The lowest BCUT2D eigenvalue weighted by Crippen LogP contribution is -2.12. The van der Waals surface area contributed by atoms with E-state index in [1.807, 2.05) is 13.8 Å². The smallest absolute Gasteiger partial charge is 0.323 e. The third-order valence-corrected chi connectivity index (χ3v) is 5.09. The van der Waals surface area contributed by atoms with Crippen molar-refractivity contribution in [3.8, 4) is 0 Å². The standard InChI is InChI=1S/C13H19N3O4S/c1-8(2)15-12(11(16(19)20)9(3)14-15)21-7-13(4-5-13)6-10(17)18/h8H,4-7H2,1-3H3,(H,17,18). The van der Waals surface area contributed by atoms with Gasteiger partial charge >= 0.3 is 11.7 Å². The zero-order valence-corrected chi connectivity index (χ0v) is 13.1. The van der Waals surface area contributed by atoms with Crippen LogP contribution in [0.3, 0.4) is 0 Å². The van der Waals surface area contributed by atoms with E-state index < -0.39 is 10.9 Å². The summed E-state index contributed by atoms with van der Waals surface area (Å²) in [6, 6.07) is 0.0227. The largest absolute Gasteiger partial charge is 0.481 e. The highest BCUT2D eigenvalue weighted by atomic mass is 32.2. The van der Waals surface area contributed by atoms with Crippen molar-refractivity contribution in [1.29, 1.82) is 0 Å². The predicted molar refractivity (Wildman–Crippen MR) is 78.6 cm³/mol. The van der Waals surface area contributed by atoms with Crippen LogP contribution >= 0.6 is 11.8 Å². The Bertz CT molecular complexity index is 578. The number of aliphatic carboxylic acids is 1. The lowest BCUT2D eigenvalue weighted by atomic mass is 10.1. The van der Waals surface area contributed by atoms with E-state index in [4.69, 9.17) is 5.11 Å². The molecule has 1 aliphatic carbocycles. The molecule has 1 fully saturated rings. The topological polar surface area (TPSA) is 98.3 Å². The molecule has 1 aromatic rings. The average Bonchev–Trinajstić information content (AvgIpc) is 3.00. The molecular weight excluding hydrogens is 294 g/mol. The van der Waals surface area contributed by atoms with Gasteiger partial charge in [-0.1, -0.05) is 11.8 Å². The number of hydrogen-bond acceptors (Lipinski definition) is 5. The quantitative estimate of drug-likeness (QED) is 0.472. The normalized spacial score (nSPS) is 16.2. The van der Waals surface area contributed by atoms with E-state index in [1.165, 1.54) is 11.8 Å². The molecule has 21 heavy (non-hydrogen) atoms. The first-order valence-corrected chi connectivity index (χ1v) is 7.82. The Labute approximate surface area is 126 Å². The molecule has 0 bridgehead atoms. The van der Waals surface area contributed by atoms with Gasteiger partial charge in [-0.3, -0.25) is 14.9 Å². The molecule has 0 aliphatic heterocycles. The third-order valence-electron chi connectivity index (χ3n) is 3.68. The van der Waals surface area contributed by atoms with Gasteiger partial charge in [0.25, 0.3) is 0 Å². The van der Waals surface area contributed by atoms with Crippen LogP contribution in [-0.2, 0) is 4.79 Å². The molecule has 1 saturated carbocycles. The first kappa shape index (κ1) is 15.8. The summed E-state index contributed by atoms with van der Waals surface area (Å²) in [5, 5.41) is 25.0. The summed E-state index contributed by atoms with van der Waals surface area (Å²) in [6.07, 6.45) is 1.87. The lowest BCUT2D eigenvalue weighted by Gasteiger charge is -2.14. The molecule has 0 unspecified atom stereocenters. The summed E-state index contributed by atoms with van der Waals surface area (Å²) in [4.78, 5) is 21.7. The number of thioether (sulfide) groups is 1. The second kappa shape index (κ2) is 5.67. The Morgan fingerprint density at radius 1 is 1.57 bits per heavy atom. The van der Waals surface area contributed by atoms with Crippen LogP contribution < -0.4 is 0 Å². The molecule has 8 heteroatoms. The van der Waals surface area contributed by atoms with Crippen LogP contribution in [0.2, 0.25) is 0 Å². The van der Waals surface area contributed by atoms with Gasteiger partial charge in [-0.2, -0.15) is 5.10 Å². The summed E-state index contributed by atoms with van der Waals surface area (Å²) in [6.45, 7) is 5.47. The Morgan fingerprint density at radius 2 is 2.19 bits per heavy atom. The number of carbonyl (C=O) groups is 1. The van der Waals surface area contributed by atoms with Gasteiger partial charge in [0.15, 0.2) is 5.03 Å². The van der Waals surface area contributed by atoms with Gasteiger partial charge in [0.1, 0.15) is 5.69 Å². The van der Waals surface area contributed by atoms with Crippen LogP contribution in [0.15, 0.2) is 5.03 Å². The number of carboxylic acids is 1. The third kappa shape index (κ3) is 3.37. The lowest BCUT2D eigenvalue weighted by molar-refractivity contribution is -0.388. The molecule has 0 atom stereocenters. The Kier molecular flexibility index (Phi) is 4.27. The fourth-order valence-electron chi connectivity index (χ4n) is 2.30. The van der Waals surface area contributed by atoms with Gasteiger partial charge in [-0.25, -0.2) is 4.68 Å². The number of aromatic nitrogens is 2. The molecule has 116 valence electrons. The summed E-state index contributed by atoms with van der Waals surface area (Å²) < 4.78 is 1.66. The maximum atomic E-state index is 11.2. The molecule has 7 nitrogen and oxygen atoms in total. The molecule has 0 saturated heterocycles. The summed E-state index contributed by atoms with van der Waals surface area (Å²) >= 11 is 1.36. The number of aryl methyl sites for hydroxylation is 1. The van der Waals surface area contributed by atoms with Crippen molar-refractivity contribution in [2.75, 3.05) is 5.75 Å². The minimum Gasteiger partial charge on any atom is -0.481 e. The summed E-state index contributed by atoms with van der Waals surface area (Å²) in [5.74, 6) is -0.228. The van der Waals surface area contributed by atoms with Crippen molar-refractivity contribution in [3.63, 3.8) is 0 Å². The van der Waals surface area contributed by atoms with Gasteiger partial charge in [-0.05, 0) is 39.0 Å². The predicted octanol–water partition coefficient (Wildman–Crippen LogP) is 3.03. The Balaban J connectivity index is 2.22. The Hall–Kier alpha value is -1.57. The molecule has 0 amide bonds. The maximum Gasteiger partial charge on any atom is 0.323 e. The molecule has 1 aliphatic rings. The molecule has 2 rings (SSSR count). The van der Waals surface area contributed by atoms with E-state index in [2.05, 4.69) is 5.10 Å². The van der Waals surface area contributed by atoms with Crippen LogP contribution in [0, 0.1) is 22.5 Å². The van der Waals surface area contributed by atoms with Crippen molar-refractivity contribution >= 4 is 23.4 Å².